The first-order valence-electron chi connectivity index (χ1n) is 6.30. The van der Waals surface area contributed by atoms with Crippen molar-refractivity contribution < 1.29 is 4.74 Å². The minimum atomic E-state index is -0.0931. The molecule has 1 aliphatic carbocycles. The smallest absolute Gasteiger partial charge is 0.0847 e. The minimum absolute atomic E-state index is 0.0931. The number of hydrogen-bond donors (Lipinski definition) is 2. The maximum atomic E-state index is 5.83. The van der Waals surface area contributed by atoms with E-state index in [0.717, 1.165) is 24.8 Å². The van der Waals surface area contributed by atoms with Crippen molar-refractivity contribution in [3.63, 3.8) is 0 Å². The van der Waals surface area contributed by atoms with Gasteiger partial charge in [0.25, 0.3) is 0 Å². The molecule has 0 heterocycles. The van der Waals surface area contributed by atoms with Crippen molar-refractivity contribution in [2.24, 2.45) is 5.84 Å². The summed E-state index contributed by atoms with van der Waals surface area (Å²) >= 11 is 0. The van der Waals surface area contributed by atoms with E-state index in [4.69, 9.17) is 10.6 Å². The fraction of sp³-hybridized carbons (Fsp3) is 0.846. The highest BCUT2D eigenvalue weighted by atomic mass is 16.5. The van der Waals surface area contributed by atoms with Gasteiger partial charge in [0.15, 0.2) is 0 Å². The molecule has 0 spiro atoms. The molecule has 0 radical (unpaired) electrons. The molecular weight excluding hydrogens is 200 g/mol. The Labute approximate surface area is 99.4 Å². The average molecular weight is 226 g/mol. The fourth-order valence-corrected chi connectivity index (χ4v) is 2.77. The van der Waals surface area contributed by atoms with Crippen LogP contribution in [0.2, 0.25) is 0 Å². The molecule has 0 amide bonds. The summed E-state index contributed by atoms with van der Waals surface area (Å²) in [6.45, 7) is 6.02. The van der Waals surface area contributed by atoms with Crippen LogP contribution in [0.1, 0.15) is 51.9 Å². The van der Waals surface area contributed by atoms with Crippen molar-refractivity contribution in [1.82, 2.24) is 5.43 Å². The first kappa shape index (κ1) is 13.7. The zero-order chi connectivity index (χ0) is 12.0. The minimum Gasteiger partial charge on any atom is -0.377 e. The molecule has 0 saturated heterocycles. The summed E-state index contributed by atoms with van der Waals surface area (Å²) in [6, 6.07) is 0.188. The monoisotopic (exact) mass is 226 g/mol. The van der Waals surface area contributed by atoms with Crippen LogP contribution >= 0.6 is 0 Å². The summed E-state index contributed by atoms with van der Waals surface area (Å²) in [5, 5.41) is 0. The van der Waals surface area contributed by atoms with Crippen LogP contribution in [-0.2, 0) is 4.74 Å². The standard InChI is InChI=1S/C13H26N2O/c1-11(2)10-12(15-14)13(16-3)8-6-4-5-7-9-13/h12,15H,1,4-10,14H2,2-3H3. The lowest BCUT2D eigenvalue weighted by atomic mass is 9.83. The highest BCUT2D eigenvalue weighted by Gasteiger charge is 2.38. The summed E-state index contributed by atoms with van der Waals surface area (Å²) in [7, 11) is 1.81. The molecule has 1 rings (SSSR count). The predicted molar refractivity (Wildman–Crippen MR) is 68.0 cm³/mol. The van der Waals surface area contributed by atoms with E-state index in [1.54, 1.807) is 0 Å². The number of rotatable bonds is 5. The molecule has 0 aliphatic heterocycles. The Bertz CT molecular complexity index is 220. The van der Waals surface area contributed by atoms with E-state index in [9.17, 15) is 0 Å². The zero-order valence-electron chi connectivity index (χ0n) is 10.7. The summed E-state index contributed by atoms with van der Waals surface area (Å²) in [6.07, 6.45) is 8.21. The van der Waals surface area contributed by atoms with E-state index in [1.165, 1.54) is 25.7 Å². The van der Waals surface area contributed by atoms with E-state index in [-0.39, 0.29) is 11.6 Å². The van der Waals surface area contributed by atoms with Crippen LogP contribution in [0.15, 0.2) is 12.2 Å². The van der Waals surface area contributed by atoms with Crippen LogP contribution in [0.3, 0.4) is 0 Å². The third-order valence-electron chi connectivity index (χ3n) is 3.75. The maximum Gasteiger partial charge on any atom is 0.0847 e. The lowest BCUT2D eigenvalue weighted by Gasteiger charge is -2.39. The van der Waals surface area contributed by atoms with Crippen LogP contribution in [0.25, 0.3) is 0 Å². The highest BCUT2D eigenvalue weighted by molar-refractivity contribution is 5.02. The quantitative estimate of drug-likeness (QED) is 0.328. The number of hydrazine groups is 1. The molecule has 0 aromatic rings. The molecule has 0 aromatic carbocycles. The van der Waals surface area contributed by atoms with E-state index in [0.29, 0.717) is 0 Å². The Kier molecular flexibility index (Phi) is 5.46. The molecular formula is C13H26N2O. The molecule has 3 nitrogen and oxygen atoms in total. The normalized spacial score (nSPS) is 22.4. The number of methoxy groups -OCH3 is 1. The van der Waals surface area contributed by atoms with Gasteiger partial charge < -0.3 is 4.74 Å². The number of ether oxygens (including phenoxy) is 1. The van der Waals surface area contributed by atoms with Crippen LogP contribution in [-0.4, -0.2) is 18.8 Å². The Morgan fingerprint density at radius 2 is 1.94 bits per heavy atom. The van der Waals surface area contributed by atoms with Crippen molar-refractivity contribution in [2.75, 3.05) is 7.11 Å². The van der Waals surface area contributed by atoms with Crippen LogP contribution in [0.5, 0.6) is 0 Å². The van der Waals surface area contributed by atoms with Gasteiger partial charge >= 0.3 is 0 Å². The maximum absolute atomic E-state index is 5.83. The van der Waals surface area contributed by atoms with Gasteiger partial charge in [-0.15, -0.1) is 6.58 Å². The van der Waals surface area contributed by atoms with Gasteiger partial charge in [0.05, 0.1) is 11.6 Å². The van der Waals surface area contributed by atoms with Gasteiger partial charge in [0.1, 0.15) is 0 Å². The highest BCUT2D eigenvalue weighted by Crippen LogP contribution is 2.34. The molecule has 16 heavy (non-hydrogen) atoms. The summed E-state index contributed by atoms with van der Waals surface area (Å²) in [4.78, 5) is 0. The largest absolute Gasteiger partial charge is 0.377 e. The van der Waals surface area contributed by atoms with Gasteiger partial charge in [-0.1, -0.05) is 31.3 Å². The molecule has 1 aliphatic rings. The van der Waals surface area contributed by atoms with Gasteiger partial charge in [0, 0.05) is 7.11 Å². The third-order valence-corrected chi connectivity index (χ3v) is 3.75. The van der Waals surface area contributed by atoms with Crippen molar-refractivity contribution in [3.8, 4) is 0 Å². The summed E-state index contributed by atoms with van der Waals surface area (Å²) in [5.41, 5.74) is 4.00. The van der Waals surface area contributed by atoms with Gasteiger partial charge in [-0.2, -0.15) is 0 Å². The lowest BCUT2D eigenvalue weighted by molar-refractivity contribution is -0.0526. The second-order valence-corrected chi connectivity index (χ2v) is 5.06. The molecule has 1 unspecified atom stereocenters. The van der Waals surface area contributed by atoms with Crippen molar-refractivity contribution in [3.05, 3.63) is 12.2 Å². The van der Waals surface area contributed by atoms with Crippen LogP contribution < -0.4 is 11.3 Å². The van der Waals surface area contributed by atoms with Gasteiger partial charge in [-0.3, -0.25) is 11.3 Å². The first-order valence-corrected chi connectivity index (χ1v) is 6.30. The number of nitrogens with two attached hydrogens (primary N) is 1. The van der Waals surface area contributed by atoms with Gasteiger partial charge in [0.2, 0.25) is 0 Å². The van der Waals surface area contributed by atoms with Gasteiger partial charge in [-0.25, -0.2) is 0 Å². The molecule has 3 heteroatoms. The summed E-state index contributed by atoms with van der Waals surface area (Å²) in [5.74, 6) is 5.69. The van der Waals surface area contributed by atoms with E-state index in [1.807, 2.05) is 14.0 Å². The number of hydrogen-bond acceptors (Lipinski definition) is 3. The Balaban J connectivity index is 2.76. The Morgan fingerprint density at radius 3 is 2.31 bits per heavy atom. The van der Waals surface area contributed by atoms with Crippen molar-refractivity contribution in [1.29, 1.82) is 0 Å². The van der Waals surface area contributed by atoms with Crippen molar-refractivity contribution in [2.45, 2.75) is 63.5 Å². The SMILES string of the molecule is C=C(C)CC(NN)C1(OC)CCCCCC1. The molecule has 94 valence electrons. The lowest BCUT2D eigenvalue weighted by Crippen LogP contribution is -2.54. The second-order valence-electron chi connectivity index (χ2n) is 5.06. The molecule has 3 N–H and O–H groups in total. The Morgan fingerprint density at radius 1 is 1.38 bits per heavy atom. The molecule has 0 aromatic heterocycles. The molecule has 1 saturated carbocycles. The summed E-state index contributed by atoms with van der Waals surface area (Å²) < 4.78 is 5.83. The van der Waals surface area contributed by atoms with Crippen LogP contribution in [0.4, 0.5) is 0 Å². The average Bonchev–Trinajstić information content (AvgIpc) is 2.51. The van der Waals surface area contributed by atoms with E-state index in [2.05, 4.69) is 12.0 Å². The Hall–Kier alpha value is -0.380. The van der Waals surface area contributed by atoms with Crippen LogP contribution in [0, 0.1) is 0 Å². The molecule has 0 bridgehead atoms. The van der Waals surface area contributed by atoms with E-state index < -0.39 is 0 Å². The third kappa shape index (κ3) is 3.30. The first-order chi connectivity index (χ1) is 7.64. The number of nitrogens with one attached hydrogen (secondary N) is 1. The molecule has 1 atom stereocenters. The van der Waals surface area contributed by atoms with Gasteiger partial charge in [-0.05, 0) is 26.2 Å². The fourth-order valence-electron chi connectivity index (χ4n) is 2.77. The predicted octanol–water partition coefficient (Wildman–Crippen LogP) is 2.52. The molecule has 1 fully saturated rings. The van der Waals surface area contributed by atoms with Crippen molar-refractivity contribution >= 4 is 0 Å². The topological polar surface area (TPSA) is 47.3 Å². The second kappa shape index (κ2) is 6.38. The zero-order valence-corrected chi connectivity index (χ0v) is 10.7. The van der Waals surface area contributed by atoms with E-state index >= 15 is 0 Å².